The average molecular weight is 308 g/mol. The summed E-state index contributed by atoms with van der Waals surface area (Å²) >= 11 is 0. The Morgan fingerprint density at radius 1 is 1.22 bits per heavy atom. The van der Waals surface area contributed by atoms with Crippen LogP contribution in [0.1, 0.15) is 36.6 Å². The Labute approximate surface area is 135 Å². The molecule has 23 heavy (non-hydrogen) atoms. The van der Waals surface area contributed by atoms with E-state index >= 15 is 0 Å². The van der Waals surface area contributed by atoms with Crippen LogP contribution < -0.4 is 10.6 Å². The van der Waals surface area contributed by atoms with Crippen LogP contribution in [-0.2, 0) is 11.8 Å². The summed E-state index contributed by atoms with van der Waals surface area (Å²) in [5.41, 5.74) is 6.10. The van der Waals surface area contributed by atoms with E-state index < -0.39 is 0 Å². The van der Waals surface area contributed by atoms with Gasteiger partial charge in [0.15, 0.2) is 5.78 Å². The van der Waals surface area contributed by atoms with Gasteiger partial charge in [-0.15, -0.1) is 0 Å². The fourth-order valence-corrected chi connectivity index (χ4v) is 3.47. The van der Waals surface area contributed by atoms with Gasteiger partial charge in [0.25, 0.3) is 0 Å². The number of anilines is 2. The number of aromatic nitrogens is 2. The van der Waals surface area contributed by atoms with Crippen LogP contribution in [0.5, 0.6) is 0 Å². The lowest BCUT2D eigenvalue weighted by Crippen LogP contribution is -2.23. The quantitative estimate of drug-likeness (QED) is 0.848. The molecule has 2 heterocycles. The van der Waals surface area contributed by atoms with Gasteiger partial charge in [0, 0.05) is 36.0 Å². The van der Waals surface area contributed by atoms with Gasteiger partial charge < -0.3 is 10.6 Å². The molecule has 0 bridgehead atoms. The normalized spacial score (nSPS) is 20.3. The summed E-state index contributed by atoms with van der Waals surface area (Å²) in [6.07, 6.45) is 4.31. The third-order valence-electron chi connectivity index (χ3n) is 4.84. The maximum atomic E-state index is 12.7. The predicted octanol–water partition coefficient (Wildman–Crippen LogP) is 3.31. The Morgan fingerprint density at radius 3 is 2.74 bits per heavy atom. The number of allylic oxidation sites excluding steroid dienone is 1. The Kier molecular flexibility index (Phi) is 3.22. The standard InChI is InChI=1S/C18H20N4O/c1-11-12(10-19-22(11)2)18-17-15(8-5-9-16(17)23)20-13-6-3-4-7-14(13)21-18/h3-4,6-7,10,18,20-21H,5,8-9H2,1-2H3/t18-/m1/s1. The lowest BCUT2D eigenvalue weighted by atomic mass is 9.87. The number of hydrogen-bond acceptors (Lipinski definition) is 4. The monoisotopic (exact) mass is 308 g/mol. The number of nitrogens with one attached hydrogen (secondary N) is 2. The first kappa shape index (κ1) is 14.1. The molecule has 0 saturated carbocycles. The Balaban J connectivity index is 1.90. The highest BCUT2D eigenvalue weighted by molar-refractivity contribution is 6.00. The number of carbonyl (C=O) groups is 1. The number of carbonyl (C=O) groups excluding carboxylic acids is 1. The van der Waals surface area contributed by atoms with Crippen LogP contribution in [0.2, 0.25) is 0 Å². The average Bonchev–Trinajstić information content (AvgIpc) is 2.78. The highest BCUT2D eigenvalue weighted by atomic mass is 16.1. The zero-order valence-corrected chi connectivity index (χ0v) is 13.4. The lowest BCUT2D eigenvalue weighted by molar-refractivity contribution is -0.116. The van der Waals surface area contributed by atoms with E-state index in [-0.39, 0.29) is 11.8 Å². The molecule has 0 amide bonds. The van der Waals surface area contributed by atoms with Crippen molar-refractivity contribution in [1.82, 2.24) is 9.78 Å². The van der Waals surface area contributed by atoms with Crippen LogP contribution in [0.25, 0.3) is 0 Å². The van der Waals surface area contributed by atoms with Gasteiger partial charge >= 0.3 is 0 Å². The minimum Gasteiger partial charge on any atom is -0.372 e. The SMILES string of the molecule is Cc1c([C@H]2Nc3ccccc3NC3=C2C(=O)CCC3)cnn1C. The predicted molar refractivity (Wildman–Crippen MR) is 90.3 cm³/mol. The first-order valence-corrected chi connectivity index (χ1v) is 8.02. The van der Waals surface area contributed by atoms with E-state index in [1.807, 2.05) is 49.1 Å². The Hall–Kier alpha value is -2.56. The number of fused-ring (bicyclic) bond motifs is 1. The molecule has 1 aromatic carbocycles. The van der Waals surface area contributed by atoms with Crippen molar-refractivity contribution in [3.05, 3.63) is 53.0 Å². The van der Waals surface area contributed by atoms with E-state index in [1.54, 1.807) is 0 Å². The molecule has 0 unspecified atom stereocenters. The summed E-state index contributed by atoms with van der Waals surface area (Å²) in [4.78, 5) is 12.7. The van der Waals surface area contributed by atoms with Crippen LogP contribution in [0.15, 0.2) is 41.7 Å². The largest absolute Gasteiger partial charge is 0.372 e. The number of aryl methyl sites for hydroxylation is 1. The fraction of sp³-hybridized carbons (Fsp3) is 0.333. The molecular weight excluding hydrogens is 288 g/mol. The van der Waals surface area contributed by atoms with Gasteiger partial charge in [0.05, 0.1) is 23.6 Å². The van der Waals surface area contributed by atoms with E-state index in [4.69, 9.17) is 0 Å². The lowest BCUT2D eigenvalue weighted by Gasteiger charge is -2.25. The molecule has 1 aromatic heterocycles. The van der Waals surface area contributed by atoms with Crippen LogP contribution in [0, 0.1) is 6.92 Å². The highest BCUT2D eigenvalue weighted by Crippen LogP contribution is 2.40. The van der Waals surface area contributed by atoms with Gasteiger partial charge in [-0.3, -0.25) is 9.48 Å². The van der Waals surface area contributed by atoms with Crippen molar-refractivity contribution in [2.75, 3.05) is 10.6 Å². The van der Waals surface area contributed by atoms with Crippen LogP contribution in [0.3, 0.4) is 0 Å². The van der Waals surface area contributed by atoms with E-state index in [1.165, 1.54) is 0 Å². The summed E-state index contributed by atoms with van der Waals surface area (Å²) in [6.45, 7) is 2.04. The number of ketones is 1. The highest BCUT2D eigenvalue weighted by Gasteiger charge is 2.33. The van der Waals surface area contributed by atoms with E-state index in [9.17, 15) is 4.79 Å². The molecule has 0 radical (unpaired) electrons. The summed E-state index contributed by atoms with van der Waals surface area (Å²) < 4.78 is 1.86. The maximum Gasteiger partial charge on any atom is 0.163 e. The zero-order chi connectivity index (χ0) is 16.0. The summed E-state index contributed by atoms with van der Waals surface area (Å²) in [7, 11) is 1.93. The molecule has 2 N–H and O–H groups in total. The summed E-state index contributed by atoms with van der Waals surface area (Å²) in [6, 6.07) is 7.96. The maximum absolute atomic E-state index is 12.7. The Bertz CT molecular complexity index is 818. The molecule has 2 aromatic rings. The number of rotatable bonds is 1. The molecule has 118 valence electrons. The molecular formula is C18H20N4O. The number of benzene rings is 1. The van der Waals surface area contributed by atoms with Crippen LogP contribution >= 0.6 is 0 Å². The minimum absolute atomic E-state index is 0.150. The van der Waals surface area contributed by atoms with Gasteiger partial charge in [-0.1, -0.05) is 12.1 Å². The van der Waals surface area contributed by atoms with Crippen molar-refractivity contribution >= 4 is 17.2 Å². The second-order valence-electron chi connectivity index (χ2n) is 6.23. The van der Waals surface area contributed by atoms with Gasteiger partial charge in [0.2, 0.25) is 0 Å². The number of Topliss-reactive ketones (excluding diaryl/α,β-unsaturated/α-hetero) is 1. The Morgan fingerprint density at radius 2 is 2.00 bits per heavy atom. The summed E-state index contributed by atoms with van der Waals surface area (Å²) in [5.74, 6) is 0.229. The molecule has 2 aliphatic rings. The smallest absolute Gasteiger partial charge is 0.163 e. The molecule has 0 saturated heterocycles. The van der Waals surface area contributed by atoms with Crippen molar-refractivity contribution in [1.29, 1.82) is 0 Å². The molecule has 0 fully saturated rings. The first-order chi connectivity index (χ1) is 11.1. The third-order valence-corrected chi connectivity index (χ3v) is 4.84. The zero-order valence-electron chi connectivity index (χ0n) is 13.4. The molecule has 1 aliphatic heterocycles. The number of hydrogen-bond donors (Lipinski definition) is 2. The topological polar surface area (TPSA) is 58.9 Å². The molecule has 5 heteroatoms. The molecule has 1 aliphatic carbocycles. The van der Waals surface area contributed by atoms with Gasteiger partial charge in [-0.25, -0.2) is 0 Å². The van der Waals surface area contributed by atoms with Crippen LogP contribution in [0.4, 0.5) is 11.4 Å². The van der Waals surface area contributed by atoms with E-state index in [0.717, 1.165) is 46.7 Å². The van der Waals surface area contributed by atoms with E-state index in [0.29, 0.717) is 6.42 Å². The fourth-order valence-electron chi connectivity index (χ4n) is 3.47. The first-order valence-electron chi connectivity index (χ1n) is 8.02. The van der Waals surface area contributed by atoms with Crippen molar-refractivity contribution in [3.8, 4) is 0 Å². The van der Waals surface area contributed by atoms with Crippen LogP contribution in [-0.4, -0.2) is 15.6 Å². The van der Waals surface area contributed by atoms with Crippen molar-refractivity contribution in [2.24, 2.45) is 7.05 Å². The number of nitrogens with zero attached hydrogens (tertiary/aromatic N) is 2. The number of para-hydroxylation sites is 2. The second kappa shape index (κ2) is 5.26. The van der Waals surface area contributed by atoms with Crippen molar-refractivity contribution in [3.63, 3.8) is 0 Å². The summed E-state index contributed by atoms with van der Waals surface area (Å²) in [5, 5.41) is 11.4. The van der Waals surface area contributed by atoms with Gasteiger partial charge in [0.1, 0.15) is 0 Å². The second-order valence-corrected chi connectivity index (χ2v) is 6.23. The van der Waals surface area contributed by atoms with Gasteiger partial charge in [-0.2, -0.15) is 5.10 Å². The minimum atomic E-state index is -0.150. The van der Waals surface area contributed by atoms with E-state index in [2.05, 4.69) is 15.7 Å². The third kappa shape index (κ3) is 2.23. The molecule has 0 spiro atoms. The van der Waals surface area contributed by atoms with Crippen molar-refractivity contribution < 1.29 is 4.79 Å². The van der Waals surface area contributed by atoms with Crippen molar-refractivity contribution in [2.45, 2.75) is 32.2 Å². The molecule has 1 atom stereocenters. The van der Waals surface area contributed by atoms with Gasteiger partial charge in [-0.05, 0) is 31.9 Å². The molecule has 5 nitrogen and oxygen atoms in total. The molecule has 4 rings (SSSR count).